The highest BCUT2D eigenvalue weighted by atomic mass is 31.2. The second-order valence-electron chi connectivity index (χ2n) is 5.05. The van der Waals surface area contributed by atoms with E-state index in [1.54, 1.807) is 17.8 Å². The van der Waals surface area contributed by atoms with E-state index < -0.39 is 13.9 Å². The number of hydrogen-bond acceptors (Lipinski definition) is 6. The van der Waals surface area contributed by atoms with Gasteiger partial charge in [0, 0.05) is 13.6 Å². The lowest BCUT2D eigenvalue weighted by atomic mass is 10.4. The summed E-state index contributed by atoms with van der Waals surface area (Å²) in [5.41, 5.74) is 1.35. The monoisotopic (exact) mass is 329 g/mol. The lowest BCUT2D eigenvalue weighted by Gasteiger charge is -2.16. The Morgan fingerprint density at radius 2 is 2.14 bits per heavy atom. The summed E-state index contributed by atoms with van der Waals surface area (Å²) in [5, 5.41) is 0. The SMILES string of the molecule is CCN(C)c1ncnc2c1ncn2C[C@@H](C)OCP(=O)(O)O. The van der Waals surface area contributed by atoms with Crippen LogP contribution < -0.4 is 4.90 Å². The molecule has 2 rings (SSSR count). The van der Waals surface area contributed by atoms with Gasteiger partial charge in [-0.15, -0.1) is 0 Å². The van der Waals surface area contributed by atoms with Gasteiger partial charge >= 0.3 is 7.60 Å². The Kier molecular flexibility index (Phi) is 5.12. The van der Waals surface area contributed by atoms with Crippen LogP contribution in [-0.4, -0.2) is 55.4 Å². The van der Waals surface area contributed by atoms with Crippen molar-refractivity contribution in [1.29, 1.82) is 0 Å². The molecular weight excluding hydrogens is 309 g/mol. The molecule has 0 aliphatic carbocycles. The molecule has 0 spiro atoms. The van der Waals surface area contributed by atoms with Crippen LogP contribution in [0, 0.1) is 0 Å². The van der Waals surface area contributed by atoms with E-state index in [1.807, 2.05) is 18.9 Å². The quantitative estimate of drug-likeness (QED) is 0.718. The topological polar surface area (TPSA) is 114 Å². The van der Waals surface area contributed by atoms with Gasteiger partial charge in [-0.2, -0.15) is 0 Å². The molecule has 0 aliphatic heterocycles. The normalized spacial score (nSPS) is 13.5. The van der Waals surface area contributed by atoms with Gasteiger partial charge in [-0.25, -0.2) is 15.0 Å². The average Bonchev–Trinajstić information content (AvgIpc) is 2.87. The van der Waals surface area contributed by atoms with Crippen molar-refractivity contribution in [2.24, 2.45) is 0 Å². The third-order valence-corrected chi connectivity index (χ3v) is 3.68. The van der Waals surface area contributed by atoms with Gasteiger partial charge in [-0.1, -0.05) is 0 Å². The molecule has 0 saturated carbocycles. The van der Waals surface area contributed by atoms with Gasteiger partial charge in [0.05, 0.1) is 19.0 Å². The van der Waals surface area contributed by atoms with Gasteiger partial charge in [0.15, 0.2) is 17.0 Å². The van der Waals surface area contributed by atoms with Crippen molar-refractivity contribution in [1.82, 2.24) is 19.5 Å². The zero-order valence-corrected chi connectivity index (χ0v) is 13.6. The largest absolute Gasteiger partial charge is 0.364 e. The van der Waals surface area contributed by atoms with Crippen molar-refractivity contribution in [3.8, 4) is 0 Å². The maximum absolute atomic E-state index is 10.8. The number of hydrogen-bond donors (Lipinski definition) is 2. The first-order valence-electron chi connectivity index (χ1n) is 6.85. The Hall–Kier alpha value is -1.54. The Labute approximate surface area is 128 Å². The summed E-state index contributed by atoms with van der Waals surface area (Å²) in [6.07, 6.45) is 2.12. The predicted molar refractivity (Wildman–Crippen MR) is 81.7 cm³/mol. The minimum Gasteiger partial charge on any atom is -0.364 e. The van der Waals surface area contributed by atoms with Crippen molar-refractivity contribution < 1.29 is 19.1 Å². The van der Waals surface area contributed by atoms with E-state index in [0.717, 1.165) is 12.4 Å². The van der Waals surface area contributed by atoms with Crippen LogP contribution in [0.4, 0.5) is 5.82 Å². The van der Waals surface area contributed by atoms with E-state index in [1.165, 1.54) is 6.33 Å². The van der Waals surface area contributed by atoms with Gasteiger partial charge in [-0.3, -0.25) is 4.57 Å². The fraction of sp³-hybridized carbons (Fsp3) is 0.583. The Bertz CT molecular complexity index is 685. The molecule has 2 aromatic heterocycles. The zero-order chi connectivity index (χ0) is 16.3. The molecule has 0 fully saturated rings. The number of fused-ring (bicyclic) bond motifs is 1. The van der Waals surface area contributed by atoms with Crippen LogP contribution in [0.1, 0.15) is 13.8 Å². The van der Waals surface area contributed by atoms with Gasteiger partial charge in [0.2, 0.25) is 0 Å². The maximum Gasteiger partial charge on any atom is 0.350 e. The summed E-state index contributed by atoms with van der Waals surface area (Å²) in [4.78, 5) is 32.4. The second kappa shape index (κ2) is 6.70. The molecule has 0 aliphatic rings. The molecule has 0 radical (unpaired) electrons. The molecule has 122 valence electrons. The van der Waals surface area contributed by atoms with Crippen molar-refractivity contribution >= 4 is 24.6 Å². The molecule has 2 N–H and O–H groups in total. The van der Waals surface area contributed by atoms with Crippen LogP contribution in [0.5, 0.6) is 0 Å². The third-order valence-electron chi connectivity index (χ3n) is 3.20. The van der Waals surface area contributed by atoms with Crippen LogP contribution >= 0.6 is 7.60 Å². The molecule has 10 heteroatoms. The van der Waals surface area contributed by atoms with Crippen LogP contribution in [0.15, 0.2) is 12.7 Å². The number of rotatable bonds is 7. The maximum atomic E-state index is 10.8. The highest BCUT2D eigenvalue weighted by molar-refractivity contribution is 7.51. The van der Waals surface area contributed by atoms with Crippen LogP contribution in [-0.2, 0) is 15.8 Å². The molecule has 2 heterocycles. The van der Waals surface area contributed by atoms with Crippen molar-refractivity contribution in [3.05, 3.63) is 12.7 Å². The van der Waals surface area contributed by atoms with Gasteiger partial charge in [0.25, 0.3) is 0 Å². The summed E-state index contributed by atoms with van der Waals surface area (Å²) in [7, 11) is -2.24. The molecular formula is C12H20N5O4P. The van der Waals surface area contributed by atoms with Crippen molar-refractivity contribution in [2.45, 2.75) is 26.5 Å². The first-order chi connectivity index (χ1) is 10.3. The molecule has 0 aromatic carbocycles. The molecule has 0 amide bonds. The minimum absolute atomic E-state index is 0.382. The lowest BCUT2D eigenvalue weighted by Crippen LogP contribution is -2.19. The third kappa shape index (κ3) is 4.01. The number of aromatic nitrogens is 4. The van der Waals surface area contributed by atoms with E-state index in [4.69, 9.17) is 14.5 Å². The zero-order valence-electron chi connectivity index (χ0n) is 12.7. The fourth-order valence-electron chi connectivity index (χ4n) is 1.99. The van der Waals surface area contributed by atoms with Crippen LogP contribution in [0.25, 0.3) is 11.2 Å². The van der Waals surface area contributed by atoms with Crippen molar-refractivity contribution in [2.75, 3.05) is 24.8 Å². The number of ether oxygens (including phenoxy) is 1. The smallest absolute Gasteiger partial charge is 0.350 e. The molecule has 0 saturated heterocycles. The Balaban J connectivity index is 2.17. The summed E-state index contributed by atoms with van der Waals surface area (Å²) in [6.45, 7) is 4.94. The van der Waals surface area contributed by atoms with E-state index in [2.05, 4.69) is 15.0 Å². The van der Waals surface area contributed by atoms with Crippen molar-refractivity contribution in [3.63, 3.8) is 0 Å². The number of anilines is 1. The molecule has 9 nitrogen and oxygen atoms in total. The summed E-state index contributed by atoms with van der Waals surface area (Å²) >= 11 is 0. The first kappa shape index (κ1) is 16.8. The van der Waals surface area contributed by atoms with Gasteiger partial charge in [0.1, 0.15) is 12.7 Å². The molecule has 1 atom stereocenters. The van der Waals surface area contributed by atoms with Crippen LogP contribution in [0.2, 0.25) is 0 Å². The summed E-state index contributed by atoms with van der Waals surface area (Å²) < 4.78 is 17.8. The minimum atomic E-state index is -4.16. The number of imidazole rings is 1. The van der Waals surface area contributed by atoms with Gasteiger partial charge < -0.3 is 24.0 Å². The summed E-state index contributed by atoms with van der Waals surface area (Å²) in [6, 6.07) is 0. The van der Waals surface area contributed by atoms with E-state index >= 15 is 0 Å². The molecule has 0 bridgehead atoms. The lowest BCUT2D eigenvalue weighted by molar-refractivity contribution is 0.0764. The van der Waals surface area contributed by atoms with E-state index in [0.29, 0.717) is 17.7 Å². The van der Waals surface area contributed by atoms with E-state index in [-0.39, 0.29) is 6.10 Å². The Morgan fingerprint density at radius 3 is 2.77 bits per heavy atom. The standard InChI is InChI=1S/C12H20N5O4P/c1-4-16(3)11-10-12(14-6-13-11)17(7-15-10)5-9(2)21-8-22(18,19)20/h6-7,9H,4-5,8H2,1-3H3,(H2,18,19,20)/t9-/m1/s1. The first-order valence-corrected chi connectivity index (χ1v) is 8.64. The van der Waals surface area contributed by atoms with E-state index in [9.17, 15) is 4.57 Å². The number of nitrogens with zero attached hydrogens (tertiary/aromatic N) is 5. The summed E-state index contributed by atoms with van der Waals surface area (Å²) in [5.74, 6) is 0.745. The molecule has 22 heavy (non-hydrogen) atoms. The average molecular weight is 329 g/mol. The highest BCUT2D eigenvalue weighted by Gasteiger charge is 2.17. The fourth-order valence-corrected chi connectivity index (χ4v) is 2.43. The van der Waals surface area contributed by atoms with Gasteiger partial charge in [-0.05, 0) is 13.8 Å². The Morgan fingerprint density at radius 1 is 1.41 bits per heavy atom. The second-order valence-corrected chi connectivity index (χ2v) is 6.64. The molecule has 0 unspecified atom stereocenters. The van der Waals surface area contributed by atoms with Crippen LogP contribution in [0.3, 0.4) is 0 Å². The highest BCUT2D eigenvalue weighted by Crippen LogP contribution is 2.34. The molecule has 2 aromatic rings. The predicted octanol–water partition coefficient (Wildman–Crippen LogP) is 0.823.